The van der Waals surface area contributed by atoms with Crippen molar-refractivity contribution >= 4 is 11.8 Å². The largest absolute Gasteiger partial charge is 0.340 e. The molecule has 0 bridgehead atoms. The normalized spacial score (nSPS) is 20.5. The van der Waals surface area contributed by atoms with Gasteiger partial charge in [0.1, 0.15) is 12.7 Å². The van der Waals surface area contributed by atoms with Crippen LogP contribution < -0.4 is 5.32 Å². The zero-order valence-electron chi connectivity index (χ0n) is 9.93. The van der Waals surface area contributed by atoms with Gasteiger partial charge >= 0.3 is 0 Å². The lowest BCUT2D eigenvalue weighted by molar-refractivity contribution is -0.133. The van der Waals surface area contributed by atoms with Crippen LogP contribution >= 0.6 is 0 Å². The topological polar surface area (TPSA) is 49.4 Å². The molecule has 0 aliphatic carbocycles. The van der Waals surface area contributed by atoms with Crippen molar-refractivity contribution in [3.8, 4) is 0 Å². The molecule has 1 heterocycles. The van der Waals surface area contributed by atoms with Crippen molar-refractivity contribution in [1.82, 2.24) is 10.2 Å². The summed E-state index contributed by atoms with van der Waals surface area (Å²) >= 11 is 0. The zero-order valence-corrected chi connectivity index (χ0v) is 9.93. The van der Waals surface area contributed by atoms with Gasteiger partial charge in [-0.15, -0.1) is 0 Å². The number of carbonyl (C=O) groups is 2. The Morgan fingerprint density at radius 1 is 1.28 bits per heavy atom. The Bertz CT molecular complexity index is 436. The zero-order chi connectivity index (χ0) is 13.0. The van der Waals surface area contributed by atoms with Crippen molar-refractivity contribution in [2.45, 2.75) is 12.5 Å². The number of nitrogens with zero attached hydrogens (tertiary/aromatic N) is 1. The third-order valence-corrected chi connectivity index (χ3v) is 2.96. The van der Waals surface area contributed by atoms with Crippen LogP contribution in [0.15, 0.2) is 30.3 Å². The summed E-state index contributed by atoms with van der Waals surface area (Å²) in [5.41, 5.74) is 0.724. The monoisotopic (exact) mass is 250 g/mol. The molecular weight excluding hydrogens is 235 g/mol. The van der Waals surface area contributed by atoms with Gasteiger partial charge in [0.05, 0.1) is 0 Å². The van der Waals surface area contributed by atoms with E-state index in [1.54, 1.807) is 24.3 Å². The minimum Gasteiger partial charge on any atom is -0.340 e. The molecule has 2 amide bonds. The van der Waals surface area contributed by atoms with Crippen LogP contribution in [0.25, 0.3) is 0 Å². The fourth-order valence-corrected chi connectivity index (χ4v) is 2.02. The van der Waals surface area contributed by atoms with Crippen molar-refractivity contribution in [2.75, 3.05) is 19.8 Å². The van der Waals surface area contributed by atoms with Gasteiger partial charge in [-0.3, -0.25) is 9.59 Å². The van der Waals surface area contributed by atoms with Crippen molar-refractivity contribution < 1.29 is 14.0 Å². The van der Waals surface area contributed by atoms with E-state index in [1.807, 2.05) is 6.07 Å². The lowest BCUT2D eigenvalue weighted by Crippen LogP contribution is -2.39. The number of amides is 2. The number of halogens is 1. The van der Waals surface area contributed by atoms with Gasteiger partial charge in [-0.2, -0.15) is 0 Å². The fraction of sp³-hybridized carbons (Fsp3) is 0.385. The molecule has 18 heavy (non-hydrogen) atoms. The molecule has 1 aliphatic heterocycles. The number of rotatable bonds is 3. The average molecular weight is 250 g/mol. The summed E-state index contributed by atoms with van der Waals surface area (Å²) in [6.45, 7) is -0.281. The molecule has 0 saturated carbocycles. The summed E-state index contributed by atoms with van der Waals surface area (Å²) in [4.78, 5) is 25.2. The van der Waals surface area contributed by atoms with Gasteiger partial charge in [0.2, 0.25) is 11.8 Å². The third-order valence-electron chi connectivity index (χ3n) is 2.96. The number of benzene rings is 1. The SMILES string of the molecule is O=C1CCN(CCF)C(=O)C(c2ccccc2)N1. The summed E-state index contributed by atoms with van der Waals surface area (Å²) in [7, 11) is 0. The van der Waals surface area contributed by atoms with Gasteiger partial charge < -0.3 is 10.2 Å². The highest BCUT2D eigenvalue weighted by atomic mass is 19.1. The van der Waals surface area contributed by atoms with Crippen LogP contribution in [0.2, 0.25) is 0 Å². The molecule has 0 aromatic heterocycles. The van der Waals surface area contributed by atoms with E-state index in [4.69, 9.17) is 0 Å². The molecule has 1 saturated heterocycles. The molecule has 1 fully saturated rings. The molecule has 1 aromatic carbocycles. The van der Waals surface area contributed by atoms with Crippen molar-refractivity contribution in [2.24, 2.45) is 0 Å². The Morgan fingerprint density at radius 3 is 2.67 bits per heavy atom. The standard InChI is InChI=1S/C13H15FN2O2/c14-7-9-16-8-6-11(17)15-12(13(16)18)10-4-2-1-3-5-10/h1-5,12H,6-9H2,(H,15,17). The predicted octanol–water partition coefficient (Wildman–Crippen LogP) is 1.05. The predicted molar refractivity (Wildman–Crippen MR) is 64.5 cm³/mol. The van der Waals surface area contributed by atoms with E-state index in [-0.39, 0.29) is 31.3 Å². The van der Waals surface area contributed by atoms with E-state index in [1.165, 1.54) is 4.90 Å². The van der Waals surface area contributed by atoms with E-state index in [9.17, 15) is 14.0 Å². The second-order valence-electron chi connectivity index (χ2n) is 4.18. The Balaban J connectivity index is 2.25. The van der Waals surface area contributed by atoms with E-state index < -0.39 is 12.7 Å². The van der Waals surface area contributed by atoms with Gasteiger partial charge in [0, 0.05) is 19.5 Å². The third kappa shape index (κ3) is 2.67. The summed E-state index contributed by atoms with van der Waals surface area (Å²) < 4.78 is 12.4. The maximum Gasteiger partial charge on any atom is 0.249 e. The number of hydrogen-bond donors (Lipinski definition) is 1. The molecule has 1 N–H and O–H groups in total. The highest BCUT2D eigenvalue weighted by Gasteiger charge is 2.30. The first-order valence-corrected chi connectivity index (χ1v) is 5.91. The Kier molecular flexibility index (Phi) is 3.92. The average Bonchev–Trinajstić information content (AvgIpc) is 2.53. The molecule has 2 rings (SSSR count). The quantitative estimate of drug-likeness (QED) is 0.871. The highest BCUT2D eigenvalue weighted by Crippen LogP contribution is 2.18. The summed E-state index contributed by atoms with van der Waals surface area (Å²) in [5, 5.41) is 2.68. The van der Waals surface area contributed by atoms with Crippen molar-refractivity contribution in [3.05, 3.63) is 35.9 Å². The molecule has 0 spiro atoms. The molecule has 96 valence electrons. The molecule has 1 atom stereocenters. The lowest BCUT2D eigenvalue weighted by Gasteiger charge is -2.23. The van der Waals surface area contributed by atoms with Crippen molar-refractivity contribution in [1.29, 1.82) is 0 Å². The van der Waals surface area contributed by atoms with Gasteiger partial charge in [0.15, 0.2) is 0 Å². The molecular formula is C13H15FN2O2. The molecule has 4 nitrogen and oxygen atoms in total. The number of alkyl halides is 1. The van der Waals surface area contributed by atoms with Crippen LogP contribution in [0.5, 0.6) is 0 Å². The van der Waals surface area contributed by atoms with E-state index in [0.29, 0.717) is 0 Å². The molecule has 0 radical (unpaired) electrons. The van der Waals surface area contributed by atoms with Crippen LogP contribution in [-0.4, -0.2) is 36.5 Å². The number of hydrogen-bond acceptors (Lipinski definition) is 2. The summed E-state index contributed by atoms with van der Waals surface area (Å²) in [6, 6.07) is 8.31. The Hall–Kier alpha value is -1.91. The maximum atomic E-state index is 12.4. The second kappa shape index (κ2) is 5.62. The number of nitrogens with one attached hydrogen (secondary N) is 1. The van der Waals surface area contributed by atoms with E-state index in [2.05, 4.69) is 5.32 Å². The van der Waals surface area contributed by atoms with Crippen molar-refractivity contribution in [3.63, 3.8) is 0 Å². The first-order valence-electron chi connectivity index (χ1n) is 5.91. The van der Waals surface area contributed by atoms with Crippen LogP contribution in [0.4, 0.5) is 4.39 Å². The minimum atomic E-state index is -0.701. The number of carbonyl (C=O) groups excluding carboxylic acids is 2. The summed E-state index contributed by atoms with van der Waals surface area (Å²) in [5.74, 6) is -0.428. The first kappa shape index (κ1) is 12.5. The summed E-state index contributed by atoms with van der Waals surface area (Å²) in [6.07, 6.45) is 0.217. The van der Waals surface area contributed by atoms with Crippen LogP contribution in [0.3, 0.4) is 0 Å². The van der Waals surface area contributed by atoms with Gasteiger partial charge in [-0.1, -0.05) is 30.3 Å². The van der Waals surface area contributed by atoms with E-state index in [0.717, 1.165) is 5.56 Å². The first-order chi connectivity index (χ1) is 8.72. The van der Waals surface area contributed by atoms with E-state index >= 15 is 0 Å². The smallest absolute Gasteiger partial charge is 0.249 e. The second-order valence-corrected chi connectivity index (χ2v) is 4.18. The van der Waals surface area contributed by atoms with Crippen LogP contribution in [0.1, 0.15) is 18.0 Å². The van der Waals surface area contributed by atoms with Gasteiger partial charge in [-0.05, 0) is 5.56 Å². The maximum absolute atomic E-state index is 12.4. The minimum absolute atomic E-state index is 0.0388. The molecule has 1 aliphatic rings. The lowest BCUT2D eigenvalue weighted by atomic mass is 10.1. The van der Waals surface area contributed by atoms with Crippen LogP contribution in [-0.2, 0) is 9.59 Å². The van der Waals surface area contributed by atoms with Crippen LogP contribution in [0, 0.1) is 0 Å². The molecule has 5 heteroatoms. The fourth-order valence-electron chi connectivity index (χ4n) is 2.02. The molecule has 1 aromatic rings. The Morgan fingerprint density at radius 2 is 2.00 bits per heavy atom. The highest BCUT2D eigenvalue weighted by molar-refractivity contribution is 5.90. The Labute approximate surface area is 105 Å². The van der Waals surface area contributed by atoms with Gasteiger partial charge in [0.25, 0.3) is 0 Å². The molecule has 1 unspecified atom stereocenters. The van der Waals surface area contributed by atoms with Gasteiger partial charge in [-0.25, -0.2) is 4.39 Å².